The molecule has 36 heavy (non-hydrogen) atoms. The van der Waals surface area contributed by atoms with E-state index in [9.17, 15) is 4.79 Å². The van der Waals surface area contributed by atoms with E-state index in [1.807, 2.05) is 50.2 Å². The summed E-state index contributed by atoms with van der Waals surface area (Å²) >= 11 is 0. The molecule has 1 aliphatic rings. The number of allylic oxidation sites excluding steroid dienone is 1. The van der Waals surface area contributed by atoms with Gasteiger partial charge in [0.15, 0.2) is 0 Å². The van der Waals surface area contributed by atoms with E-state index in [4.69, 9.17) is 14.2 Å². The van der Waals surface area contributed by atoms with Crippen LogP contribution in [-0.2, 0) is 13.1 Å². The Balaban J connectivity index is 1.88. The summed E-state index contributed by atoms with van der Waals surface area (Å²) in [5.41, 5.74) is 4.46. The molecular weight excluding hydrogens is 452 g/mol. The zero-order valence-corrected chi connectivity index (χ0v) is 22.7. The first kappa shape index (κ1) is 27.6. The average Bonchev–Trinajstić information content (AvgIpc) is 3.29. The minimum absolute atomic E-state index is 0.0560. The van der Waals surface area contributed by atoms with E-state index in [-0.39, 0.29) is 5.91 Å². The summed E-state index contributed by atoms with van der Waals surface area (Å²) in [6.07, 6.45) is 3.96. The van der Waals surface area contributed by atoms with Crippen LogP contribution < -0.4 is 14.2 Å². The summed E-state index contributed by atoms with van der Waals surface area (Å²) in [4.78, 5) is 17.8. The van der Waals surface area contributed by atoms with E-state index in [1.54, 1.807) is 0 Å². The van der Waals surface area contributed by atoms with Crippen molar-refractivity contribution in [2.24, 2.45) is 0 Å². The van der Waals surface area contributed by atoms with Gasteiger partial charge in [0.05, 0.1) is 25.3 Å². The van der Waals surface area contributed by atoms with Gasteiger partial charge < -0.3 is 24.0 Å². The molecule has 0 aliphatic carbocycles. The third-order valence-corrected chi connectivity index (χ3v) is 6.31. The number of nitrogens with zero attached hydrogens (tertiary/aromatic N) is 2. The molecule has 0 saturated heterocycles. The summed E-state index contributed by atoms with van der Waals surface area (Å²) in [6.45, 7) is 14.0. The second kappa shape index (κ2) is 13.4. The van der Waals surface area contributed by atoms with Crippen molar-refractivity contribution in [2.45, 2.75) is 59.5 Å². The van der Waals surface area contributed by atoms with Gasteiger partial charge in [0.2, 0.25) is 0 Å². The lowest BCUT2D eigenvalue weighted by Gasteiger charge is -2.21. The van der Waals surface area contributed by atoms with Crippen LogP contribution in [-0.4, -0.2) is 56.2 Å². The van der Waals surface area contributed by atoms with Crippen LogP contribution in [0, 0.1) is 0 Å². The number of amides is 1. The highest BCUT2D eigenvalue weighted by Crippen LogP contribution is 2.37. The molecule has 0 radical (unpaired) electrons. The first-order valence-corrected chi connectivity index (χ1v) is 13.1. The van der Waals surface area contributed by atoms with E-state index in [0.717, 1.165) is 66.0 Å². The molecule has 196 valence electrons. The second-order valence-electron chi connectivity index (χ2n) is 9.74. The lowest BCUT2D eigenvalue weighted by atomic mass is 10.0. The Morgan fingerprint density at radius 2 is 1.56 bits per heavy atom. The van der Waals surface area contributed by atoms with Crippen LogP contribution in [0.15, 0.2) is 36.9 Å². The van der Waals surface area contributed by atoms with Gasteiger partial charge in [0.25, 0.3) is 5.91 Å². The molecule has 6 nitrogen and oxygen atoms in total. The van der Waals surface area contributed by atoms with Crippen molar-refractivity contribution in [3.63, 3.8) is 0 Å². The van der Waals surface area contributed by atoms with Crippen molar-refractivity contribution in [1.82, 2.24) is 9.80 Å². The number of benzene rings is 2. The zero-order chi connectivity index (χ0) is 26.1. The summed E-state index contributed by atoms with van der Waals surface area (Å²) < 4.78 is 18.3. The first-order chi connectivity index (χ1) is 17.3. The molecule has 6 heteroatoms. The van der Waals surface area contributed by atoms with Gasteiger partial charge >= 0.3 is 0 Å². The van der Waals surface area contributed by atoms with E-state index >= 15 is 0 Å². The molecule has 1 aliphatic heterocycles. The van der Waals surface area contributed by atoms with Crippen molar-refractivity contribution in [3.05, 3.63) is 59.2 Å². The Bertz CT molecular complexity index is 1050. The minimum atomic E-state index is -0.0560. The molecule has 3 rings (SSSR count). The number of hydrogen-bond acceptors (Lipinski definition) is 5. The van der Waals surface area contributed by atoms with Crippen LogP contribution in [0.2, 0.25) is 0 Å². The predicted octanol–water partition coefficient (Wildman–Crippen LogP) is 6.17. The van der Waals surface area contributed by atoms with Gasteiger partial charge in [-0.1, -0.05) is 45.4 Å². The normalized spacial score (nSPS) is 12.6. The molecular formula is C30H42N2O4. The summed E-state index contributed by atoms with van der Waals surface area (Å²) in [5.74, 6) is 2.09. The van der Waals surface area contributed by atoms with Crippen LogP contribution in [0.25, 0.3) is 5.57 Å². The lowest BCUT2D eigenvalue weighted by Crippen LogP contribution is -2.26. The lowest BCUT2D eigenvalue weighted by molar-refractivity contribution is 0.0746. The Hall–Kier alpha value is -2.99. The summed E-state index contributed by atoms with van der Waals surface area (Å²) in [6, 6.07) is 9.83. The fraction of sp³-hybridized carbons (Fsp3) is 0.500. The van der Waals surface area contributed by atoms with E-state index in [1.165, 1.54) is 0 Å². The Labute approximate surface area is 216 Å². The third-order valence-electron chi connectivity index (χ3n) is 6.31. The maximum atomic E-state index is 13.9. The third kappa shape index (κ3) is 7.03. The van der Waals surface area contributed by atoms with Crippen molar-refractivity contribution in [1.29, 1.82) is 0 Å². The smallest absolute Gasteiger partial charge is 0.258 e. The molecule has 0 aromatic heterocycles. The highest BCUT2D eigenvalue weighted by atomic mass is 16.5. The number of fused-ring (bicyclic) bond motifs is 1. The Morgan fingerprint density at radius 1 is 0.917 bits per heavy atom. The molecule has 0 unspecified atom stereocenters. The van der Waals surface area contributed by atoms with Gasteiger partial charge in [-0.2, -0.15) is 0 Å². The molecule has 1 amide bonds. The minimum Gasteiger partial charge on any atom is -0.493 e. The van der Waals surface area contributed by atoms with Crippen LogP contribution in [0.3, 0.4) is 0 Å². The van der Waals surface area contributed by atoms with Crippen molar-refractivity contribution >= 4 is 11.5 Å². The van der Waals surface area contributed by atoms with Gasteiger partial charge in [-0.25, -0.2) is 0 Å². The van der Waals surface area contributed by atoms with Gasteiger partial charge in [-0.3, -0.25) is 4.79 Å². The van der Waals surface area contributed by atoms with Gasteiger partial charge in [-0.15, -0.1) is 0 Å². The van der Waals surface area contributed by atoms with Gasteiger partial charge in [0, 0.05) is 30.3 Å². The fourth-order valence-electron chi connectivity index (χ4n) is 4.13. The van der Waals surface area contributed by atoms with E-state index < -0.39 is 0 Å². The number of ether oxygens (including phenoxy) is 3. The molecule has 0 saturated carbocycles. The molecule has 0 bridgehead atoms. The number of carbonyl (C=O) groups is 1. The van der Waals surface area contributed by atoms with Gasteiger partial charge in [-0.05, 0) is 57.1 Å². The maximum absolute atomic E-state index is 13.9. The van der Waals surface area contributed by atoms with E-state index in [2.05, 4.69) is 31.4 Å². The standard InChI is InChI=1S/C30H42N2O4/c1-7-9-15-34-28-19-29(35-16-10-8-2)25(18-24(28)22(3)4)30(33)32-20-23-12-11-13-27(26(23)21-32)36-17-14-31(5)6/h11-13,18-19H,3,7-10,14-17,20-21H2,1-2,4-6H3. The van der Waals surface area contributed by atoms with Crippen LogP contribution >= 0.6 is 0 Å². The van der Waals surface area contributed by atoms with Crippen LogP contribution in [0.1, 0.15) is 73.5 Å². The number of hydrogen-bond donors (Lipinski definition) is 0. The average molecular weight is 495 g/mol. The van der Waals surface area contributed by atoms with Crippen LogP contribution in [0.5, 0.6) is 17.2 Å². The molecule has 0 fully saturated rings. The molecule has 2 aromatic rings. The van der Waals surface area contributed by atoms with Crippen molar-refractivity contribution < 1.29 is 19.0 Å². The SMILES string of the molecule is C=C(C)c1cc(C(=O)N2Cc3cccc(OCCN(C)C)c3C2)c(OCCCC)cc1OCCCC. The first-order valence-electron chi connectivity index (χ1n) is 13.1. The molecule has 0 N–H and O–H groups in total. The predicted molar refractivity (Wildman–Crippen MR) is 146 cm³/mol. The largest absolute Gasteiger partial charge is 0.493 e. The number of carbonyl (C=O) groups excluding carboxylic acids is 1. The highest BCUT2D eigenvalue weighted by molar-refractivity contribution is 5.98. The molecule has 0 spiro atoms. The van der Waals surface area contributed by atoms with Crippen molar-refractivity contribution in [3.8, 4) is 17.2 Å². The zero-order valence-electron chi connectivity index (χ0n) is 22.7. The summed E-state index contributed by atoms with van der Waals surface area (Å²) in [7, 11) is 4.05. The monoisotopic (exact) mass is 494 g/mol. The Kier molecular flexibility index (Phi) is 10.2. The fourth-order valence-corrected chi connectivity index (χ4v) is 4.13. The quantitative estimate of drug-likeness (QED) is 0.294. The second-order valence-corrected chi connectivity index (χ2v) is 9.74. The highest BCUT2D eigenvalue weighted by Gasteiger charge is 2.29. The molecule has 2 aromatic carbocycles. The topological polar surface area (TPSA) is 51.2 Å². The van der Waals surface area contributed by atoms with Crippen LogP contribution in [0.4, 0.5) is 0 Å². The Morgan fingerprint density at radius 3 is 2.17 bits per heavy atom. The number of rotatable bonds is 14. The number of likely N-dealkylation sites (N-methyl/N-ethyl adjacent to an activating group) is 1. The van der Waals surface area contributed by atoms with Crippen molar-refractivity contribution in [2.75, 3.05) is 40.5 Å². The van der Waals surface area contributed by atoms with Gasteiger partial charge in [0.1, 0.15) is 23.9 Å². The molecule has 0 atom stereocenters. The van der Waals surface area contributed by atoms with E-state index in [0.29, 0.717) is 44.2 Å². The molecule has 1 heterocycles. The maximum Gasteiger partial charge on any atom is 0.258 e. The number of unbranched alkanes of at least 4 members (excludes halogenated alkanes) is 2. The summed E-state index contributed by atoms with van der Waals surface area (Å²) in [5, 5.41) is 0.